The fraction of sp³-hybridized carbons (Fsp3) is 0.500. The lowest BCUT2D eigenvalue weighted by Crippen LogP contribution is -2.51. The van der Waals surface area contributed by atoms with Gasteiger partial charge < -0.3 is 20.3 Å². The average Bonchev–Trinajstić information content (AvgIpc) is 2.37. The Labute approximate surface area is 95.9 Å². The highest BCUT2D eigenvalue weighted by Gasteiger charge is 2.26. The molecule has 0 bridgehead atoms. The summed E-state index contributed by atoms with van der Waals surface area (Å²) in [6, 6.07) is 7.58. The lowest BCUT2D eigenvalue weighted by molar-refractivity contribution is 0.0972. The molecule has 0 aliphatic rings. The van der Waals surface area contributed by atoms with Crippen molar-refractivity contribution >= 4 is 0 Å². The molecule has 0 radical (unpaired) electrons. The number of hydrogen-bond acceptors (Lipinski definition) is 4. The van der Waals surface area contributed by atoms with E-state index < -0.39 is 5.54 Å². The van der Waals surface area contributed by atoms with Crippen LogP contribution in [-0.2, 0) is 6.42 Å². The van der Waals surface area contributed by atoms with E-state index in [1.54, 1.807) is 14.2 Å². The van der Waals surface area contributed by atoms with E-state index in [4.69, 9.17) is 4.74 Å². The third kappa shape index (κ3) is 2.95. The fourth-order valence-corrected chi connectivity index (χ4v) is 1.54. The highest BCUT2D eigenvalue weighted by atomic mass is 16.5. The largest absolute Gasteiger partial charge is 0.497 e. The summed E-state index contributed by atoms with van der Waals surface area (Å²) in [5.41, 5.74) is 0.382. The summed E-state index contributed by atoms with van der Waals surface area (Å²) in [7, 11) is 3.35. The van der Waals surface area contributed by atoms with Crippen molar-refractivity contribution in [1.82, 2.24) is 5.32 Å². The van der Waals surface area contributed by atoms with Gasteiger partial charge in [0.2, 0.25) is 0 Å². The van der Waals surface area contributed by atoms with E-state index in [9.17, 15) is 10.2 Å². The molecule has 0 spiro atoms. The molecular formula is C12H19NO3. The van der Waals surface area contributed by atoms with Crippen LogP contribution in [0.25, 0.3) is 0 Å². The van der Waals surface area contributed by atoms with Crippen LogP contribution in [0, 0.1) is 0 Å². The summed E-state index contributed by atoms with van der Waals surface area (Å²) < 4.78 is 5.06. The number of nitrogens with one attached hydrogen (secondary N) is 1. The van der Waals surface area contributed by atoms with Crippen molar-refractivity contribution in [3.05, 3.63) is 29.8 Å². The summed E-state index contributed by atoms with van der Waals surface area (Å²) >= 11 is 0. The SMILES string of the molecule is CNC(CO)(CO)Cc1ccc(OC)cc1. The lowest BCUT2D eigenvalue weighted by atomic mass is 9.92. The quantitative estimate of drug-likeness (QED) is 0.646. The molecule has 0 saturated heterocycles. The van der Waals surface area contributed by atoms with E-state index >= 15 is 0 Å². The molecule has 0 unspecified atom stereocenters. The van der Waals surface area contributed by atoms with Gasteiger partial charge in [0.25, 0.3) is 0 Å². The van der Waals surface area contributed by atoms with Crippen molar-refractivity contribution in [3.63, 3.8) is 0 Å². The molecule has 1 aromatic rings. The fourth-order valence-electron chi connectivity index (χ4n) is 1.54. The first-order valence-corrected chi connectivity index (χ1v) is 5.23. The van der Waals surface area contributed by atoms with Crippen LogP contribution in [0.3, 0.4) is 0 Å². The van der Waals surface area contributed by atoms with Gasteiger partial charge in [0, 0.05) is 0 Å². The van der Waals surface area contributed by atoms with Crippen molar-refractivity contribution in [2.75, 3.05) is 27.4 Å². The Morgan fingerprint density at radius 1 is 1.19 bits per heavy atom. The molecule has 0 aliphatic heterocycles. The molecule has 0 fully saturated rings. The van der Waals surface area contributed by atoms with Crippen molar-refractivity contribution in [3.8, 4) is 5.75 Å². The molecule has 3 N–H and O–H groups in total. The van der Waals surface area contributed by atoms with Gasteiger partial charge in [0.1, 0.15) is 5.75 Å². The van der Waals surface area contributed by atoms with E-state index in [0.717, 1.165) is 11.3 Å². The summed E-state index contributed by atoms with van der Waals surface area (Å²) in [5, 5.41) is 21.5. The number of likely N-dealkylation sites (N-methyl/N-ethyl adjacent to an activating group) is 1. The summed E-state index contributed by atoms with van der Waals surface area (Å²) in [5.74, 6) is 0.798. The summed E-state index contributed by atoms with van der Waals surface area (Å²) in [4.78, 5) is 0. The van der Waals surface area contributed by atoms with Gasteiger partial charge in [-0.15, -0.1) is 0 Å². The Hall–Kier alpha value is -1.10. The van der Waals surface area contributed by atoms with Crippen LogP contribution in [0.5, 0.6) is 5.75 Å². The molecule has 0 saturated carbocycles. The minimum atomic E-state index is -0.658. The maximum atomic E-state index is 9.29. The Morgan fingerprint density at radius 3 is 2.12 bits per heavy atom. The number of aliphatic hydroxyl groups is 2. The smallest absolute Gasteiger partial charge is 0.118 e. The topological polar surface area (TPSA) is 61.7 Å². The molecule has 16 heavy (non-hydrogen) atoms. The molecule has 0 aliphatic carbocycles. The highest BCUT2D eigenvalue weighted by molar-refractivity contribution is 5.28. The minimum absolute atomic E-state index is 0.105. The van der Waals surface area contributed by atoms with Crippen LogP contribution >= 0.6 is 0 Å². The van der Waals surface area contributed by atoms with Crippen molar-refractivity contribution in [1.29, 1.82) is 0 Å². The molecule has 1 aromatic carbocycles. The Kier molecular flexibility index (Phi) is 4.73. The van der Waals surface area contributed by atoms with Crippen molar-refractivity contribution < 1.29 is 14.9 Å². The standard InChI is InChI=1S/C12H19NO3/c1-13-12(8-14,9-15)7-10-3-5-11(16-2)6-4-10/h3-6,13-15H,7-9H2,1-2H3. The van der Waals surface area contributed by atoms with E-state index in [1.165, 1.54) is 0 Å². The van der Waals surface area contributed by atoms with Gasteiger partial charge in [-0.2, -0.15) is 0 Å². The van der Waals surface area contributed by atoms with Crippen LogP contribution in [0.1, 0.15) is 5.56 Å². The van der Waals surface area contributed by atoms with Crippen LogP contribution < -0.4 is 10.1 Å². The van der Waals surface area contributed by atoms with Crippen molar-refractivity contribution in [2.24, 2.45) is 0 Å². The highest BCUT2D eigenvalue weighted by Crippen LogP contribution is 2.16. The van der Waals surface area contributed by atoms with Gasteiger partial charge in [-0.05, 0) is 31.2 Å². The van der Waals surface area contributed by atoms with Gasteiger partial charge >= 0.3 is 0 Å². The van der Waals surface area contributed by atoms with E-state index in [0.29, 0.717) is 6.42 Å². The van der Waals surface area contributed by atoms with E-state index in [1.807, 2.05) is 24.3 Å². The Bertz CT molecular complexity index is 298. The number of methoxy groups -OCH3 is 1. The number of aliphatic hydroxyl groups excluding tert-OH is 2. The average molecular weight is 225 g/mol. The van der Waals surface area contributed by atoms with Gasteiger partial charge in [0.05, 0.1) is 25.9 Å². The lowest BCUT2D eigenvalue weighted by Gasteiger charge is -2.29. The number of rotatable bonds is 6. The maximum Gasteiger partial charge on any atom is 0.118 e. The molecule has 4 nitrogen and oxygen atoms in total. The first-order chi connectivity index (χ1) is 7.69. The van der Waals surface area contributed by atoms with Gasteiger partial charge in [-0.25, -0.2) is 0 Å². The predicted octanol–water partition coefficient (Wildman–Crippen LogP) is 0.180. The van der Waals surface area contributed by atoms with E-state index in [2.05, 4.69) is 5.32 Å². The molecule has 1 rings (SSSR count). The zero-order chi connectivity index (χ0) is 12.0. The number of ether oxygens (including phenoxy) is 1. The third-order valence-corrected chi connectivity index (χ3v) is 2.84. The van der Waals surface area contributed by atoms with Gasteiger partial charge in [-0.3, -0.25) is 0 Å². The summed E-state index contributed by atoms with van der Waals surface area (Å²) in [6.07, 6.45) is 0.570. The van der Waals surface area contributed by atoms with Crippen LogP contribution in [0.2, 0.25) is 0 Å². The predicted molar refractivity (Wildman–Crippen MR) is 62.7 cm³/mol. The third-order valence-electron chi connectivity index (χ3n) is 2.84. The molecule has 0 aromatic heterocycles. The van der Waals surface area contributed by atoms with Crippen LogP contribution in [-0.4, -0.2) is 43.1 Å². The number of hydrogen-bond donors (Lipinski definition) is 3. The van der Waals surface area contributed by atoms with E-state index in [-0.39, 0.29) is 13.2 Å². The molecule has 90 valence electrons. The summed E-state index contributed by atoms with van der Waals surface area (Å²) in [6.45, 7) is -0.210. The molecule has 4 heteroatoms. The second-order valence-corrected chi connectivity index (χ2v) is 3.87. The first-order valence-electron chi connectivity index (χ1n) is 5.23. The zero-order valence-corrected chi connectivity index (χ0v) is 9.73. The number of benzene rings is 1. The molecule has 0 heterocycles. The van der Waals surface area contributed by atoms with Gasteiger partial charge in [-0.1, -0.05) is 12.1 Å². The monoisotopic (exact) mass is 225 g/mol. The zero-order valence-electron chi connectivity index (χ0n) is 9.73. The second kappa shape index (κ2) is 5.84. The van der Waals surface area contributed by atoms with Crippen molar-refractivity contribution in [2.45, 2.75) is 12.0 Å². The Morgan fingerprint density at radius 2 is 1.75 bits per heavy atom. The van der Waals surface area contributed by atoms with Crippen LogP contribution in [0.4, 0.5) is 0 Å². The van der Waals surface area contributed by atoms with Crippen LogP contribution in [0.15, 0.2) is 24.3 Å². The van der Waals surface area contributed by atoms with Gasteiger partial charge in [0.15, 0.2) is 0 Å². The second-order valence-electron chi connectivity index (χ2n) is 3.87. The molecule has 0 atom stereocenters. The molecule has 0 amide bonds. The normalized spacial score (nSPS) is 11.5. The Balaban J connectivity index is 2.77. The first kappa shape index (κ1) is 13.0. The molecular weight excluding hydrogens is 206 g/mol. The maximum absolute atomic E-state index is 9.29. The minimum Gasteiger partial charge on any atom is -0.497 e.